The van der Waals surface area contributed by atoms with E-state index in [0.29, 0.717) is 0 Å². The van der Waals surface area contributed by atoms with E-state index in [9.17, 15) is 18.0 Å². The summed E-state index contributed by atoms with van der Waals surface area (Å²) in [6.45, 7) is 0. The van der Waals surface area contributed by atoms with Crippen molar-refractivity contribution >= 4 is 21.7 Å². The second-order valence-corrected chi connectivity index (χ2v) is 6.09. The number of hydrogen-bond acceptors (Lipinski definition) is 4. The van der Waals surface area contributed by atoms with Gasteiger partial charge in [-0.1, -0.05) is 0 Å². The first-order valence-electron chi connectivity index (χ1n) is 4.57. The van der Waals surface area contributed by atoms with E-state index in [-0.39, 0.29) is 36.2 Å². The molecule has 4 N–H and O–H groups in total. The molecule has 0 aromatic heterocycles. The van der Waals surface area contributed by atoms with Crippen LogP contribution in [-0.4, -0.2) is 31.7 Å². The van der Waals surface area contributed by atoms with Gasteiger partial charge in [0, 0.05) is 12.8 Å². The Labute approximate surface area is 87.9 Å². The van der Waals surface area contributed by atoms with Gasteiger partial charge in [0.05, 0.1) is 11.5 Å². The predicted molar refractivity (Wildman–Crippen MR) is 53.3 cm³/mol. The molecule has 0 aromatic rings. The molecule has 1 aliphatic heterocycles. The molecule has 0 spiro atoms. The molecular weight excluding hydrogens is 220 g/mol. The van der Waals surface area contributed by atoms with Crippen LogP contribution in [0.1, 0.15) is 12.8 Å². The first-order valence-corrected chi connectivity index (χ1v) is 6.39. The van der Waals surface area contributed by atoms with E-state index < -0.39 is 21.7 Å². The lowest BCUT2D eigenvalue weighted by atomic mass is 9.90. The fourth-order valence-electron chi connectivity index (χ4n) is 1.96. The van der Waals surface area contributed by atoms with Gasteiger partial charge in [-0.3, -0.25) is 9.59 Å². The molecule has 2 amide bonds. The molecule has 7 heteroatoms. The summed E-state index contributed by atoms with van der Waals surface area (Å²) >= 11 is 0. The van der Waals surface area contributed by atoms with Crippen LogP contribution in [0.2, 0.25) is 0 Å². The van der Waals surface area contributed by atoms with Gasteiger partial charge in [0.2, 0.25) is 11.8 Å². The summed E-state index contributed by atoms with van der Waals surface area (Å²) in [5.74, 6) is -1.97. The molecule has 0 aliphatic carbocycles. The Morgan fingerprint density at radius 1 is 1.00 bits per heavy atom. The van der Waals surface area contributed by atoms with Gasteiger partial charge in [-0.15, -0.1) is 0 Å². The van der Waals surface area contributed by atoms with E-state index in [0.717, 1.165) is 0 Å². The van der Waals surface area contributed by atoms with E-state index in [1.807, 2.05) is 0 Å². The fourth-order valence-corrected chi connectivity index (χ4v) is 4.18. The third kappa shape index (κ3) is 3.50. The number of hydrogen-bond donors (Lipinski definition) is 2. The van der Waals surface area contributed by atoms with Crippen molar-refractivity contribution in [1.82, 2.24) is 0 Å². The maximum Gasteiger partial charge on any atom is 0.217 e. The van der Waals surface area contributed by atoms with Crippen molar-refractivity contribution in [3.63, 3.8) is 0 Å². The van der Waals surface area contributed by atoms with E-state index in [2.05, 4.69) is 0 Å². The summed E-state index contributed by atoms with van der Waals surface area (Å²) < 4.78 is 22.6. The van der Waals surface area contributed by atoms with E-state index >= 15 is 0 Å². The maximum absolute atomic E-state index is 11.3. The first-order chi connectivity index (χ1) is 6.80. The van der Waals surface area contributed by atoms with Crippen LogP contribution < -0.4 is 11.5 Å². The predicted octanol–water partition coefficient (Wildman–Crippen LogP) is -1.60. The quantitative estimate of drug-likeness (QED) is 0.608. The molecular formula is C8H14N2O4S. The fraction of sp³-hybridized carbons (Fsp3) is 0.750. The molecule has 1 heterocycles. The van der Waals surface area contributed by atoms with Crippen LogP contribution in [0.5, 0.6) is 0 Å². The second-order valence-electron chi connectivity index (χ2n) is 3.94. The van der Waals surface area contributed by atoms with Gasteiger partial charge in [-0.05, 0) is 11.8 Å². The van der Waals surface area contributed by atoms with Crippen molar-refractivity contribution in [2.75, 3.05) is 11.5 Å². The van der Waals surface area contributed by atoms with E-state index in [1.165, 1.54) is 0 Å². The van der Waals surface area contributed by atoms with Crippen LogP contribution in [0.4, 0.5) is 0 Å². The van der Waals surface area contributed by atoms with Crippen LogP contribution in [0.15, 0.2) is 0 Å². The maximum atomic E-state index is 11.3. The summed E-state index contributed by atoms with van der Waals surface area (Å²) in [6.07, 6.45) is -0.00560. The van der Waals surface area contributed by atoms with Crippen molar-refractivity contribution in [3.05, 3.63) is 0 Å². The van der Waals surface area contributed by atoms with Crippen LogP contribution >= 0.6 is 0 Å². The first kappa shape index (κ1) is 12.0. The summed E-state index contributed by atoms with van der Waals surface area (Å²) in [7, 11) is -3.15. The summed E-state index contributed by atoms with van der Waals surface area (Å²) in [5, 5.41) is 0. The lowest BCUT2D eigenvalue weighted by Crippen LogP contribution is -2.25. The van der Waals surface area contributed by atoms with Gasteiger partial charge < -0.3 is 11.5 Å². The molecule has 0 radical (unpaired) electrons. The van der Waals surface area contributed by atoms with Crippen molar-refractivity contribution in [2.45, 2.75) is 12.8 Å². The van der Waals surface area contributed by atoms with Crippen molar-refractivity contribution in [1.29, 1.82) is 0 Å². The van der Waals surface area contributed by atoms with Crippen LogP contribution in [0, 0.1) is 11.8 Å². The van der Waals surface area contributed by atoms with E-state index in [1.54, 1.807) is 0 Å². The SMILES string of the molecule is NC(=O)C[C@@H]1CS(=O)(=O)C[C@@H]1CC(N)=O. The Bertz CT molecular complexity index is 346. The molecule has 1 fully saturated rings. The summed E-state index contributed by atoms with van der Waals surface area (Å²) in [4.78, 5) is 21.4. The Hall–Kier alpha value is -1.11. The number of primary amides is 2. The Balaban J connectivity index is 2.74. The van der Waals surface area contributed by atoms with Crippen LogP contribution in [-0.2, 0) is 19.4 Å². The zero-order valence-electron chi connectivity index (χ0n) is 8.18. The number of sulfone groups is 1. The highest BCUT2D eigenvalue weighted by atomic mass is 32.2. The zero-order chi connectivity index (χ0) is 11.6. The van der Waals surface area contributed by atoms with Crippen molar-refractivity contribution in [3.8, 4) is 0 Å². The Kier molecular flexibility index (Phi) is 3.33. The molecule has 6 nitrogen and oxygen atoms in total. The van der Waals surface area contributed by atoms with Gasteiger partial charge in [-0.25, -0.2) is 8.42 Å². The molecule has 1 aliphatic rings. The molecule has 0 aromatic carbocycles. The second kappa shape index (κ2) is 4.18. The van der Waals surface area contributed by atoms with Gasteiger partial charge in [0.25, 0.3) is 0 Å². The van der Waals surface area contributed by atoms with Gasteiger partial charge in [0.15, 0.2) is 9.84 Å². The number of nitrogens with two attached hydrogens (primary N) is 2. The summed E-state index contributed by atoms with van der Waals surface area (Å²) in [5.41, 5.74) is 10.0. The Morgan fingerprint density at radius 3 is 1.60 bits per heavy atom. The average Bonchev–Trinajstić information content (AvgIpc) is 2.22. The minimum absolute atomic E-state index is 0.00280. The highest BCUT2D eigenvalue weighted by Crippen LogP contribution is 2.30. The normalized spacial score (nSPS) is 28.8. The molecule has 86 valence electrons. The molecule has 0 saturated carbocycles. The number of rotatable bonds is 4. The largest absolute Gasteiger partial charge is 0.370 e. The molecule has 0 bridgehead atoms. The van der Waals surface area contributed by atoms with Gasteiger partial charge in [-0.2, -0.15) is 0 Å². The highest BCUT2D eigenvalue weighted by Gasteiger charge is 2.38. The third-order valence-corrected chi connectivity index (χ3v) is 4.40. The van der Waals surface area contributed by atoms with Crippen molar-refractivity contribution < 1.29 is 18.0 Å². The minimum Gasteiger partial charge on any atom is -0.370 e. The van der Waals surface area contributed by atoms with Gasteiger partial charge in [0.1, 0.15) is 0 Å². The molecule has 1 saturated heterocycles. The van der Waals surface area contributed by atoms with Crippen LogP contribution in [0.3, 0.4) is 0 Å². The minimum atomic E-state index is -3.15. The Morgan fingerprint density at radius 2 is 1.33 bits per heavy atom. The molecule has 2 atom stereocenters. The molecule has 0 unspecified atom stereocenters. The topological polar surface area (TPSA) is 120 Å². The molecule has 15 heavy (non-hydrogen) atoms. The third-order valence-electron chi connectivity index (χ3n) is 2.53. The smallest absolute Gasteiger partial charge is 0.217 e. The lowest BCUT2D eigenvalue weighted by molar-refractivity contribution is -0.121. The van der Waals surface area contributed by atoms with Gasteiger partial charge >= 0.3 is 0 Å². The average molecular weight is 234 g/mol. The number of carbonyl (C=O) groups is 2. The summed E-state index contributed by atoms with van der Waals surface area (Å²) in [6, 6.07) is 0. The lowest BCUT2D eigenvalue weighted by Gasteiger charge is -2.13. The van der Waals surface area contributed by atoms with Crippen LogP contribution in [0.25, 0.3) is 0 Å². The van der Waals surface area contributed by atoms with Crippen molar-refractivity contribution in [2.24, 2.45) is 23.3 Å². The zero-order valence-corrected chi connectivity index (χ0v) is 9.00. The molecule has 1 rings (SSSR count). The highest BCUT2D eigenvalue weighted by molar-refractivity contribution is 7.91. The standard InChI is InChI=1S/C8H14N2O4S/c9-7(11)1-5-3-15(13,14)4-6(5)2-8(10)12/h5-6H,1-4H2,(H2,9,11)(H2,10,12)/t5-,6+. The number of amides is 2. The monoisotopic (exact) mass is 234 g/mol. The van der Waals surface area contributed by atoms with E-state index in [4.69, 9.17) is 11.5 Å². The number of carbonyl (C=O) groups excluding carboxylic acids is 2.